The lowest BCUT2D eigenvalue weighted by molar-refractivity contribution is -0.138. The fourth-order valence-electron chi connectivity index (χ4n) is 3.09. The van der Waals surface area contributed by atoms with E-state index in [0.717, 1.165) is 5.56 Å². The largest absolute Gasteiger partial charge is 0.507 e. The Morgan fingerprint density at radius 3 is 2.62 bits per heavy atom. The molecular formula is C18H25NO6S. The van der Waals surface area contributed by atoms with Crippen molar-refractivity contribution in [1.29, 1.82) is 0 Å². The second-order valence-corrected chi connectivity index (χ2v) is 8.94. The van der Waals surface area contributed by atoms with Gasteiger partial charge in [0.05, 0.1) is 11.5 Å². The van der Waals surface area contributed by atoms with Gasteiger partial charge in [-0.05, 0) is 44.4 Å². The molecule has 1 saturated heterocycles. The monoisotopic (exact) mass is 383 g/mol. The third-order valence-corrected chi connectivity index (χ3v) is 6.41. The standard InChI is InChI=1S/C18H25NO6S/c1-4-13(3)19(14-7-8-26(23,24)11-14)17(21)10-25-18(22)15-6-5-12(2)9-16(15)20/h5-6,9,13-14,20H,4,7-8,10-11H2,1-3H3/t13-,14-/m1/s1. The number of phenols is 1. The molecule has 1 heterocycles. The SMILES string of the molecule is CC[C@@H](C)N(C(=O)COC(=O)c1ccc(C)cc1O)[C@@H]1CCS(=O)(=O)C1. The normalized spacial score (nSPS) is 19.7. The van der Waals surface area contributed by atoms with E-state index in [4.69, 9.17) is 4.74 Å². The van der Waals surface area contributed by atoms with Gasteiger partial charge < -0.3 is 14.7 Å². The lowest BCUT2D eigenvalue weighted by Crippen LogP contribution is -2.48. The highest BCUT2D eigenvalue weighted by Crippen LogP contribution is 2.22. The van der Waals surface area contributed by atoms with Crippen LogP contribution in [0.3, 0.4) is 0 Å². The van der Waals surface area contributed by atoms with Crippen LogP contribution in [0.15, 0.2) is 18.2 Å². The molecule has 1 aromatic rings. The zero-order valence-electron chi connectivity index (χ0n) is 15.3. The van der Waals surface area contributed by atoms with E-state index in [0.29, 0.717) is 12.8 Å². The van der Waals surface area contributed by atoms with Crippen LogP contribution in [0.5, 0.6) is 5.75 Å². The van der Waals surface area contributed by atoms with Crippen LogP contribution < -0.4 is 0 Å². The number of esters is 1. The van der Waals surface area contributed by atoms with Crippen LogP contribution in [0.1, 0.15) is 42.6 Å². The first kappa shape index (κ1) is 20.2. The molecule has 1 N–H and O–H groups in total. The maximum atomic E-state index is 12.6. The molecule has 0 unspecified atom stereocenters. The molecule has 1 aliphatic rings. The van der Waals surface area contributed by atoms with Crippen LogP contribution in [-0.4, -0.2) is 60.5 Å². The van der Waals surface area contributed by atoms with Gasteiger partial charge in [0.15, 0.2) is 16.4 Å². The molecule has 144 valence electrons. The highest BCUT2D eigenvalue weighted by molar-refractivity contribution is 7.91. The van der Waals surface area contributed by atoms with Crippen molar-refractivity contribution in [3.8, 4) is 5.75 Å². The Labute approximate surface area is 153 Å². The molecule has 0 aromatic heterocycles. The molecule has 0 aliphatic carbocycles. The molecule has 2 rings (SSSR count). The minimum atomic E-state index is -3.13. The zero-order chi connectivity index (χ0) is 19.5. The van der Waals surface area contributed by atoms with Crippen molar-refractivity contribution in [3.05, 3.63) is 29.3 Å². The van der Waals surface area contributed by atoms with Crippen LogP contribution in [0.2, 0.25) is 0 Å². The Morgan fingerprint density at radius 2 is 2.08 bits per heavy atom. The van der Waals surface area contributed by atoms with Gasteiger partial charge in [-0.3, -0.25) is 4.79 Å². The maximum Gasteiger partial charge on any atom is 0.342 e. The van der Waals surface area contributed by atoms with E-state index in [2.05, 4.69) is 0 Å². The minimum Gasteiger partial charge on any atom is -0.507 e. The summed E-state index contributed by atoms with van der Waals surface area (Å²) in [5.74, 6) is -1.42. The van der Waals surface area contributed by atoms with Crippen LogP contribution in [0, 0.1) is 6.92 Å². The number of carbonyl (C=O) groups excluding carboxylic acids is 2. The fraction of sp³-hybridized carbons (Fsp3) is 0.556. The van der Waals surface area contributed by atoms with Crippen molar-refractivity contribution < 1.29 is 27.9 Å². The minimum absolute atomic E-state index is 0.0121. The highest BCUT2D eigenvalue weighted by atomic mass is 32.2. The second-order valence-electron chi connectivity index (χ2n) is 6.71. The summed E-state index contributed by atoms with van der Waals surface area (Å²) in [5, 5.41) is 9.83. The topological polar surface area (TPSA) is 101 Å². The molecule has 1 aromatic carbocycles. The summed E-state index contributed by atoms with van der Waals surface area (Å²) in [4.78, 5) is 26.2. The summed E-state index contributed by atoms with van der Waals surface area (Å²) >= 11 is 0. The smallest absolute Gasteiger partial charge is 0.342 e. The van der Waals surface area contributed by atoms with Gasteiger partial charge in [0.1, 0.15) is 11.3 Å². The summed E-state index contributed by atoms with van der Waals surface area (Å²) in [6.07, 6.45) is 1.06. The number of aromatic hydroxyl groups is 1. The number of hydrogen-bond acceptors (Lipinski definition) is 6. The van der Waals surface area contributed by atoms with Crippen molar-refractivity contribution in [2.24, 2.45) is 0 Å². The van der Waals surface area contributed by atoms with E-state index < -0.39 is 34.4 Å². The first-order chi connectivity index (χ1) is 12.1. The lowest BCUT2D eigenvalue weighted by atomic mass is 10.1. The quantitative estimate of drug-likeness (QED) is 0.750. The van der Waals surface area contributed by atoms with Gasteiger partial charge in [-0.15, -0.1) is 0 Å². The number of nitrogens with zero attached hydrogens (tertiary/aromatic N) is 1. The fourth-order valence-corrected chi connectivity index (χ4v) is 4.81. The number of ether oxygens (including phenoxy) is 1. The molecule has 0 saturated carbocycles. The van der Waals surface area contributed by atoms with E-state index >= 15 is 0 Å². The third kappa shape index (κ3) is 4.75. The number of carbonyl (C=O) groups is 2. The third-order valence-electron chi connectivity index (χ3n) is 4.66. The first-order valence-electron chi connectivity index (χ1n) is 8.63. The van der Waals surface area contributed by atoms with Crippen LogP contribution in [0.4, 0.5) is 0 Å². The number of phenolic OH excluding ortho intramolecular Hbond substituents is 1. The van der Waals surface area contributed by atoms with Gasteiger partial charge in [-0.2, -0.15) is 0 Å². The summed E-state index contributed by atoms with van der Waals surface area (Å²) in [7, 11) is -3.13. The number of rotatable bonds is 6. The predicted molar refractivity (Wildman–Crippen MR) is 96.8 cm³/mol. The van der Waals surface area contributed by atoms with E-state index in [-0.39, 0.29) is 28.9 Å². The van der Waals surface area contributed by atoms with Crippen molar-refractivity contribution >= 4 is 21.7 Å². The molecule has 0 bridgehead atoms. The molecule has 1 fully saturated rings. The Balaban J connectivity index is 2.06. The molecule has 0 spiro atoms. The number of sulfone groups is 1. The Bertz CT molecular complexity index is 789. The van der Waals surface area contributed by atoms with Gasteiger partial charge in [0.25, 0.3) is 5.91 Å². The van der Waals surface area contributed by atoms with E-state index in [1.165, 1.54) is 17.0 Å². The van der Waals surface area contributed by atoms with Crippen molar-refractivity contribution in [3.63, 3.8) is 0 Å². The number of benzene rings is 1. The summed E-state index contributed by atoms with van der Waals surface area (Å²) in [6, 6.07) is 3.98. The predicted octanol–water partition coefficient (Wildman–Crippen LogP) is 1.67. The van der Waals surface area contributed by atoms with Crippen LogP contribution in [0.25, 0.3) is 0 Å². The molecule has 7 nitrogen and oxygen atoms in total. The van der Waals surface area contributed by atoms with E-state index in [9.17, 15) is 23.1 Å². The molecule has 8 heteroatoms. The first-order valence-corrected chi connectivity index (χ1v) is 10.4. The van der Waals surface area contributed by atoms with E-state index in [1.807, 2.05) is 13.8 Å². The average molecular weight is 383 g/mol. The second kappa shape index (κ2) is 8.07. The van der Waals surface area contributed by atoms with E-state index in [1.54, 1.807) is 13.0 Å². The number of hydrogen-bond donors (Lipinski definition) is 1. The highest BCUT2D eigenvalue weighted by Gasteiger charge is 2.36. The average Bonchev–Trinajstić information content (AvgIpc) is 2.92. The number of aryl methyl sites for hydroxylation is 1. The van der Waals surface area contributed by atoms with Crippen LogP contribution in [-0.2, 0) is 19.4 Å². The molecule has 0 radical (unpaired) electrons. The molecule has 26 heavy (non-hydrogen) atoms. The van der Waals surface area contributed by atoms with Gasteiger partial charge in [0, 0.05) is 12.1 Å². The molecule has 2 atom stereocenters. The van der Waals surface area contributed by atoms with Gasteiger partial charge in [0.2, 0.25) is 0 Å². The summed E-state index contributed by atoms with van der Waals surface area (Å²) in [5.41, 5.74) is 0.780. The Hall–Kier alpha value is -2.09. The van der Waals surface area contributed by atoms with Crippen LogP contribution >= 0.6 is 0 Å². The lowest BCUT2D eigenvalue weighted by Gasteiger charge is -2.33. The van der Waals surface area contributed by atoms with Crippen molar-refractivity contribution in [2.75, 3.05) is 18.1 Å². The summed E-state index contributed by atoms with van der Waals surface area (Å²) < 4.78 is 28.5. The number of amides is 1. The van der Waals surface area contributed by atoms with Gasteiger partial charge in [-0.1, -0.05) is 13.0 Å². The maximum absolute atomic E-state index is 12.6. The van der Waals surface area contributed by atoms with Crippen molar-refractivity contribution in [2.45, 2.75) is 45.7 Å². The van der Waals surface area contributed by atoms with Gasteiger partial charge >= 0.3 is 5.97 Å². The Kier molecular flexibility index (Phi) is 6.28. The zero-order valence-corrected chi connectivity index (χ0v) is 16.1. The Morgan fingerprint density at radius 1 is 1.38 bits per heavy atom. The van der Waals surface area contributed by atoms with Gasteiger partial charge in [-0.25, -0.2) is 13.2 Å². The molecule has 1 aliphatic heterocycles. The molecular weight excluding hydrogens is 358 g/mol. The summed E-state index contributed by atoms with van der Waals surface area (Å²) in [6.45, 7) is 5.03. The van der Waals surface area contributed by atoms with Crippen molar-refractivity contribution in [1.82, 2.24) is 4.90 Å². The molecule has 1 amide bonds.